The van der Waals surface area contributed by atoms with E-state index < -0.39 is 18.3 Å². The lowest BCUT2D eigenvalue weighted by molar-refractivity contribution is -0.148. The van der Waals surface area contributed by atoms with Crippen molar-refractivity contribution in [2.24, 2.45) is 0 Å². The second kappa shape index (κ2) is 32.1. The van der Waals surface area contributed by atoms with Crippen LogP contribution in [0.25, 0.3) is 0 Å². The van der Waals surface area contributed by atoms with Crippen molar-refractivity contribution in [3.05, 3.63) is 12.2 Å². The number of carbonyl (C=O) groups excluding carboxylic acids is 1. The molecule has 3 unspecified atom stereocenters. The first kappa shape index (κ1) is 41.7. The van der Waals surface area contributed by atoms with E-state index in [1.54, 1.807) is 0 Å². The molecule has 0 aliphatic rings. The van der Waals surface area contributed by atoms with Gasteiger partial charge >= 0.3 is 0 Å². The minimum Gasteiger partial charge on any atom is -0.394 e. The summed E-state index contributed by atoms with van der Waals surface area (Å²) in [5.41, 5.74) is -1.29. The van der Waals surface area contributed by atoms with Gasteiger partial charge < -0.3 is 14.7 Å². The first-order valence-corrected chi connectivity index (χ1v) is 18.9. The van der Waals surface area contributed by atoms with Gasteiger partial charge in [0.15, 0.2) is 11.4 Å². The average Bonchev–Trinajstić information content (AvgIpc) is 3.00. The summed E-state index contributed by atoms with van der Waals surface area (Å²) in [6, 6.07) is 0. The van der Waals surface area contributed by atoms with Gasteiger partial charge in [0.05, 0.1) is 6.61 Å². The number of aliphatic hydroxyl groups excluding tert-OH is 2. The quantitative estimate of drug-likeness (QED) is 0.0431. The van der Waals surface area contributed by atoms with E-state index in [0.717, 1.165) is 38.5 Å². The summed E-state index contributed by atoms with van der Waals surface area (Å²) in [6.07, 6.45) is 38.2. The van der Waals surface area contributed by atoms with Crippen LogP contribution in [0.5, 0.6) is 0 Å². The van der Waals surface area contributed by atoms with Gasteiger partial charge in [0.2, 0.25) is 0 Å². The summed E-state index contributed by atoms with van der Waals surface area (Å²) in [6.45, 7) is 4.08. The number of Topliss-reactive ketones (excluding diaryl/α,β-unsaturated/α-hetero) is 1. The summed E-state index contributed by atoms with van der Waals surface area (Å²) < 4.78 is 5.59. The predicted octanol–water partition coefficient (Wildman–Crippen LogP) is 11.4. The predicted molar refractivity (Wildman–Crippen MR) is 186 cm³/mol. The molecule has 4 nitrogen and oxygen atoms in total. The molecule has 0 saturated carbocycles. The second-order valence-electron chi connectivity index (χ2n) is 12.8. The van der Waals surface area contributed by atoms with E-state index in [1.807, 2.05) is 0 Å². The van der Waals surface area contributed by atoms with Crippen molar-refractivity contribution in [3.8, 4) is 0 Å². The molecule has 0 amide bonds. The van der Waals surface area contributed by atoms with E-state index in [9.17, 15) is 15.0 Å². The lowest BCUT2D eigenvalue weighted by Crippen LogP contribution is -2.51. The van der Waals surface area contributed by atoms with Crippen molar-refractivity contribution in [2.75, 3.05) is 6.61 Å². The molecule has 5 heteroatoms. The van der Waals surface area contributed by atoms with Crippen LogP contribution >= 0.6 is 9.47 Å². The van der Waals surface area contributed by atoms with Crippen molar-refractivity contribution < 1.29 is 19.5 Å². The van der Waals surface area contributed by atoms with Crippen LogP contribution in [0.4, 0.5) is 0 Å². The minimum absolute atomic E-state index is 0.0603. The third kappa shape index (κ3) is 23.1. The lowest BCUT2D eigenvalue weighted by atomic mass is 9.84. The normalized spacial score (nSPS) is 14.0. The van der Waals surface area contributed by atoms with Gasteiger partial charge in [-0.3, -0.25) is 4.79 Å². The molecule has 0 fully saturated rings. The summed E-state index contributed by atoms with van der Waals surface area (Å²) in [5, 5.41) is 20.2. The Balaban J connectivity index is 3.98. The molecule has 0 aromatic heterocycles. The number of ketones is 1. The van der Waals surface area contributed by atoms with Crippen LogP contribution in [0.2, 0.25) is 0 Å². The molecule has 0 aliphatic carbocycles. The van der Waals surface area contributed by atoms with Crippen molar-refractivity contribution in [1.29, 1.82) is 0 Å². The molecule has 0 aliphatic heterocycles. The Morgan fingerprint density at radius 3 is 1.36 bits per heavy atom. The molecule has 250 valence electrons. The maximum absolute atomic E-state index is 13.2. The molecular weight excluding hydrogens is 539 g/mol. The molecule has 0 aromatic carbocycles. The molecule has 0 radical (unpaired) electrons. The van der Waals surface area contributed by atoms with Gasteiger partial charge in [-0.25, -0.2) is 0 Å². The van der Waals surface area contributed by atoms with Crippen LogP contribution in [0.15, 0.2) is 12.2 Å². The zero-order valence-corrected chi connectivity index (χ0v) is 29.4. The number of allylic oxidation sites excluding steroid dienone is 2. The van der Waals surface area contributed by atoms with Crippen molar-refractivity contribution in [2.45, 2.75) is 212 Å². The van der Waals surface area contributed by atoms with Gasteiger partial charge in [-0.2, -0.15) is 0 Å². The molecule has 2 N–H and O–H groups in total. The van der Waals surface area contributed by atoms with Gasteiger partial charge in [0.1, 0.15) is 6.10 Å². The third-order valence-electron chi connectivity index (χ3n) is 8.96. The summed E-state index contributed by atoms with van der Waals surface area (Å²) in [7, 11) is 2.19. The standard InChI is InChI=1S/C37H73O4P/c1-3-5-7-9-11-13-15-17-18-19-21-23-25-27-29-31-33-37(41-42,36(40)34-38)35(39)32-30-28-26-24-22-20-16-14-12-10-8-6-4-2/h17-18,36,38,40H,3-16,19-34,42H2,1-2H3. The molecule has 0 rings (SSSR count). The Labute approximate surface area is 264 Å². The fourth-order valence-electron chi connectivity index (χ4n) is 5.99. The highest BCUT2D eigenvalue weighted by Crippen LogP contribution is 2.30. The molecule has 3 atom stereocenters. The molecule has 0 heterocycles. The fraction of sp³-hybridized carbons (Fsp3) is 0.919. The maximum Gasteiger partial charge on any atom is 0.167 e. The average molecular weight is 613 g/mol. The largest absolute Gasteiger partial charge is 0.394 e. The van der Waals surface area contributed by atoms with Crippen LogP contribution in [-0.4, -0.2) is 34.3 Å². The number of rotatable bonds is 34. The summed E-state index contributed by atoms with van der Waals surface area (Å²) >= 11 is 0. The lowest BCUT2D eigenvalue weighted by Gasteiger charge is -2.34. The first-order chi connectivity index (χ1) is 20.6. The smallest absolute Gasteiger partial charge is 0.167 e. The zero-order chi connectivity index (χ0) is 31.0. The Kier molecular flexibility index (Phi) is 31.9. The fourth-order valence-corrected chi connectivity index (χ4v) is 6.40. The zero-order valence-electron chi connectivity index (χ0n) is 28.2. The third-order valence-corrected chi connectivity index (χ3v) is 9.38. The van der Waals surface area contributed by atoms with Crippen molar-refractivity contribution >= 4 is 15.2 Å². The van der Waals surface area contributed by atoms with Gasteiger partial charge in [-0.05, 0) is 44.9 Å². The molecule has 42 heavy (non-hydrogen) atoms. The monoisotopic (exact) mass is 613 g/mol. The van der Waals surface area contributed by atoms with Gasteiger partial charge in [0.25, 0.3) is 0 Å². The van der Waals surface area contributed by atoms with Crippen molar-refractivity contribution in [1.82, 2.24) is 0 Å². The summed E-state index contributed by atoms with van der Waals surface area (Å²) in [4.78, 5) is 13.2. The van der Waals surface area contributed by atoms with E-state index in [4.69, 9.17) is 4.52 Å². The Morgan fingerprint density at radius 1 is 0.619 bits per heavy atom. The topological polar surface area (TPSA) is 66.8 Å². The maximum atomic E-state index is 13.2. The molecule has 0 spiro atoms. The number of hydrogen-bond donors (Lipinski definition) is 2. The van der Waals surface area contributed by atoms with Crippen LogP contribution < -0.4 is 0 Å². The first-order valence-electron chi connectivity index (χ1n) is 18.4. The van der Waals surface area contributed by atoms with Gasteiger partial charge in [-0.1, -0.05) is 161 Å². The van der Waals surface area contributed by atoms with E-state index in [2.05, 4.69) is 35.5 Å². The summed E-state index contributed by atoms with van der Waals surface area (Å²) in [5.74, 6) is -0.0603. The SMILES string of the molecule is CCCCCCCCC=CCCCCCCCCC(OP)(C(=O)CCCCCCCCCCCCCCC)C(O)CO. The molecule has 0 aromatic rings. The van der Waals surface area contributed by atoms with E-state index in [1.165, 1.54) is 135 Å². The Bertz CT molecular complexity index is 596. The Hall–Kier alpha value is -0.280. The molecular formula is C37H73O4P. The highest BCUT2D eigenvalue weighted by molar-refractivity contribution is 7.10. The van der Waals surface area contributed by atoms with Gasteiger partial charge in [0, 0.05) is 15.9 Å². The van der Waals surface area contributed by atoms with Crippen molar-refractivity contribution in [3.63, 3.8) is 0 Å². The minimum atomic E-state index is -1.29. The van der Waals surface area contributed by atoms with E-state index in [-0.39, 0.29) is 5.78 Å². The number of unbranched alkanes of at least 4 members (excludes halogenated alkanes) is 24. The van der Waals surface area contributed by atoms with Gasteiger partial charge in [-0.15, -0.1) is 0 Å². The van der Waals surface area contributed by atoms with E-state index in [0.29, 0.717) is 12.8 Å². The van der Waals surface area contributed by atoms with E-state index >= 15 is 0 Å². The Morgan fingerprint density at radius 2 is 0.976 bits per heavy atom. The van der Waals surface area contributed by atoms with Crippen LogP contribution in [0.3, 0.4) is 0 Å². The molecule has 0 bridgehead atoms. The van der Waals surface area contributed by atoms with Crippen LogP contribution in [0.1, 0.15) is 200 Å². The van der Waals surface area contributed by atoms with Crippen LogP contribution in [0, 0.1) is 0 Å². The van der Waals surface area contributed by atoms with Crippen LogP contribution in [-0.2, 0) is 9.32 Å². The number of hydrogen-bond acceptors (Lipinski definition) is 4. The second-order valence-corrected chi connectivity index (χ2v) is 13.0. The number of aliphatic hydroxyl groups is 2. The molecule has 0 saturated heterocycles. The number of carbonyl (C=O) groups is 1. The highest BCUT2D eigenvalue weighted by atomic mass is 31.0. The highest BCUT2D eigenvalue weighted by Gasteiger charge is 2.44.